The number of carbonyl (C=O) groups excluding carboxylic acids is 1. The van der Waals surface area contributed by atoms with Gasteiger partial charge in [-0.1, -0.05) is 48.5 Å². The number of morpholine rings is 1. The number of hydrogen-bond acceptors (Lipinski definition) is 2. The molecule has 0 radical (unpaired) electrons. The Labute approximate surface area is 149 Å². The minimum atomic E-state index is -0.174. The van der Waals surface area contributed by atoms with Crippen LogP contribution in [0.4, 0.5) is 10.5 Å². The molecule has 2 atom stereocenters. The molecule has 1 aliphatic heterocycles. The van der Waals surface area contributed by atoms with E-state index >= 15 is 0 Å². The van der Waals surface area contributed by atoms with Crippen LogP contribution in [0.3, 0.4) is 0 Å². The van der Waals surface area contributed by atoms with Crippen molar-refractivity contribution in [2.24, 2.45) is 0 Å². The van der Waals surface area contributed by atoms with E-state index in [9.17, 15) is 4.79 Å². The van der Waals surface area contributed by atoms with Gasteiger partial charge in [0, 0.05) is 11.3 Å². The zero-order chi connectivity index (χ0) is 17.5. The van der Waals surface area contributed by atoms with Crippen LogP contribution in [0.5, 0.6) is 0 Å². The standard InChI is InChI=1S/C20H25N3O2/c1-16(21-20(24)22-18-10-6-3-7-11-18)19(17-8-4-2-5-9-17)23-12-14-25-15-13-23/h2-11,16,19H,12-15H2,1H3,(H2,21,22,24)/p+1/t16-,19-/m0/s1. The molecule has 1 heterocycles. The number of urea groups is 1. The van der Waals surface area contributed by atoms with Gasteiger partial charge in [-0.15, -0.1) is 0 Å². The van der Waals surface area contributed by atoms with Gasteiger partial charge in [0.15, 0.2) is 0 Å². The second-order valence-corrected chi connectivity index (χ2v) is 6.41. The average molecular weight is 340 g/mol. The third kappa shape index (κ3) is 4.81. The summed E-state index contributed by atoms with van der Waals surface area (Å²) in [7, 11) is 0. The molecule has 1 aliphatic rings. The number of benzene rings is 2. The third-order valence-electron chi connectivity index (χ3n) is 4.62. The highest BCUT2D eigenvalue weighted by molar-refractivity contribution is 5.89. The van der Waals surface area contributed by atoms with Gasteiger partial charge < -0.3 is 20.3 Å². The number of para-hydroxylation sites is 1. The van der Waals surface area contributed by atoms with Gasteiger partial charge in [-0.3, -0.25) is 0 Å². The number of quaternary nitrogens is 1. The summed E-state index contributed by atoms with van der Waals surface area (Å²) in [5.41, 5.74) is 2.04. The van der Waals surface area contributed by atoms with Crippen molar-refractivity contribution in [3.8, 4) is 0 Å². The van der Waals surface area contributed by atoms with Crippen molar-refractivity contribution in [2.75, 3.05) is 31.6 Å². The van der Waals surface area contributed by atoms with Crippen LogP contribution < -0.4 is 15.5 Å². The molecule has 25 heavy (non-hydrogen) atoms. The topological polar surface area (TPSA) is 54.8 Å². The molecule has 5 heteroatoms. The fraction of sp³-hybridized carbons (Fsp3) is 0.350. The lowest BCUT2D eigenvalue weighted by Gasteiger charge is -2.35. The van der Waals surface area contributed by atoms with E-state index in [1.165, 1.54) is 10.5 Å². The molecule has 1 fully saturated rings. The number of anilines is 1. The molecule has 3 N–H and O–H groups in total. The van der Waals surface area contributed by atoms with E-state index in [1.54, 1.807) is 0 Å². The van der Waals surface area contributed by atoms with E-state index < -0.39 is 0 Å². The lowest BCUT2D eigenvalue weighted by atomic mass is 9.98. The Kier molecular flexibility index (Phi) is 6.04. The van der Waals surface area contributed by atoms with Gasteiger partial charge in [-0.2, -0.15) is 0 Å². The summed E-state index contributed by atoms with van der Waals surface area (Å²) < 4.78 is 5.51. The van der Waals surface area contributed by atoms with Crippen LogP contribution in [0.15, 0.2) is 60.7 Å². The SMILES string of the molecule is C[C@H](NC(=O)Nc1ccccc1)[C@@H](c1ccccc1)[NH+]1CCOCC1. The number of rotatable bonds is 5. The van der Waals surface area contributed by atoms with Crippen molar-refractivity contribution in [3.63, 3.8) is 0 Å². The van der Waals surface area contributed by atoms with Crippen molar-refractivity contribution in [2.45, 2.75) is 19.0 Å². The van der Waals surface area contributed by atoms with Gasteiger partial charge in [0.25, 0.3) is 0 Å². The van der Waals surface area contributed by atoms with Crippen LogP contribution in [0.2, 0.25) is 0 Å². The predicted octanol–water partition coefficient (Wildman–Crippen LogP) is 1.85. The van der Waals surface area contributed by atoms with Crippen molar-refractivity contribution >= 4 is 11.7 Å². The summed E-state index contributed by atoms with van der Waals surface area (Å²) in [6, 6.07) is 19.9. The van der Waals surface area contributed by atoms with Gasteiger partial charge >= 0.3 is 6.03 Å². The van der Waals surface area contributed by atoms with Crippen LogP contribution in [0.25, 0.3) is 0 Å². The molecule has 1 saturated heterocycles. The van der Waals surface area contributed by atoms with Crippen molar-refractivity contribution < 1.29 is 14.4 Å². The molecule has 2 aromatic carbocycles. The summed E-state index contributed by atoms with van der Waals surface area (Å²) in [4.78, 5) is 13.8. The summed E-state index contributed by atoms with van der Waals surface area (Å²) in [5.74, 6) is 0. The van der Waals surface area contributed by atoms with E-state index in [0.717, 1.165) is 32.0 Å². The Bertz CT molecular complexity index is 657. The molecular formula is C20H26N3O2+. The maximum Gasteiger partial charge on any atom is 0.319 e. The molecule has 0 aliphatic carbocycles. The van der Waals surface area contributed by atoms with E-state index in [0.29, 0.717) is 0 Å². The quantitative estimate of drug-likeness (QED) is 0.778. The van der Waals surface area contributed by atoms with Crippen LogP contribution in [-0.2, 0) is 4.74 Å². The van der Waals surface area contributed by atoms with Gasteiger partial charge in [0.05, 0.1) is 19.3 Å². The highest BCUT2D eigenvalue weighted by atomic mass is 16.5. The Morgan fingerprint density at radius 3 is 2.24 bits per heavy atom. The second-order valence-electron chi connectivity index (χ2n) is 6.41. The fourth-order valence-electron chi connectivity index (χ4n) is 3.46. The number of nitrogens with one attached hydrogen (secondary N) is 3. The summed E-state index contributed by atoms with van der Waals surface area (Å²) in [6.45, 7) is 5.51. The van der Waals surface area contributed by atoms with E-state index in [4.69, 9.17) is 4.74 Å². The molecule has 2 aromatic rings. The van der Waals surface area contributed by atoms with Gasteiger partial charge in [-0.05, 0) is 19.1 Å². The third-order valence-corrected chi connectivity index (χ3v) is 4.62. The maximum atomic E-state index is 12.4. The highest BCUT2D eigenvalue weighted by Crippen LogP contribution is 2.14. The van der Waals surface area contributed by atoms with E-state index in [1.807, 2.05) is 36.4 Å². The van der Waals surface area contributed by atoms with E-state index in [-0.39, 0.29) is 18.1 Å². The molecular weight excluding hydrogens is 314 g/mol. The fourth-order valence-corrected chi connectivity index (χ4v) is 3.46. The monoisotopic (exact) mass is 340 g/mol. The number of ether oxygens (including phenoxy) is 1. The Morgan fingerprint density at radius 1 is 1.00 bits per heavy atom. The Morgan fingerprint density at radius 2 is 1.60 bits per heavy atom. The Balaban J connectivity index is 1.70. The lowest BCUT2D eigenvalue weighted by Crippen LogP contribution is -3.15. The smallest absolute Gasteiger partial charge is 0.319 e. The normalized spacial score (nSPS) is 17.5. The van der Waals surface area contributed by atoms with Crippen molar-refractivity contribution in [1.82, 2.24) is 5.32 Å². The lowest BCUT2D eigenvalue weighted by molar-refractivity contribution is -0.940. The minimum absolute atomic E-state index is 0.000729. The first-order valence-electron chi connectivity index (χ1n) is 8.84. The first kappa shape index (κ1) is 17.5. The first-order chi connectivity index (χ1) is 12.2. The van der Waals surface area contributed by atoms with Crippen LogP contribution >= 0.6 is 0 Å². The molecule has 0 saturated carbocycles. The number of hydrogen-bond donors (Lipinski definition) is 3. The van der Waals surface area contributed by atoms with Gasteiger partial charge in [-0.25, -0.2) is 4.79 Å². The summed E-state index contributed by atoms with van der Waals surface area (Å²) in [6.07, 6.45) is 0. The predicted molar refractivity (Wildman–Crippen MR) is 98.8 cm³/mol. The molecule has 0 unspecified atom stereocenters. The largest absolute Gasteiger partial charge is 0.370 e. The molecule has 132 valence electrons. The zero-order valence-corrected chi connectivity index (χ0v) is 14.6. The molecule has 0 aromatic heterocycles. The minimum Gasteiger partial charge on any atom is -0.370 e. The van der Waals surface area contributed by atoms with Crippen molar-refractivity contribution in [1.29, 1.82) is 0 Å². The van der Waals surface area contributed by atoms with Crippen molar-refractivity contribution in [3.05, 3.63) is 66.2 Å². The first-order valence-corrected chi connectivity index (χ1v) is 8.84. The van der Waals surface area contributed by atoms with Crippen LogP contribution in [0, 0.1) is 0 Å². The highest BCUT2D eigenvalue weighted by Gasteiger charge is 2.32. The zero-order valence-electron chi connectivity index (χ0n) is 14.6. The molecule has 5 nitrogen and oxygen atoms in total. The Hall–Kier alpha value is -2.37. The van der Waals surface area contributed by atoms with Gasteiger partial charge in [0.1, 0.15) is 19.1 Å². The molecule has 0 bridgehead atoms. The maximum absolute atomic E-state index is 12.4. The summed E-state index contributed by atoms with van der Waals surface area (Å²) >= 11 is 0. The number of carbonyl (C=O) groups is 1. The number of amides is 2. The second kappa shape index (κ2) is 8.65. The average Bonchev–Trinajstić information content (AvgIpc) is 2.64. The molecule has 2 amide bonds. The van der Waals surface area contributed by atoms with Crippen LogP contribution in [0.1, 0.15) is 18.5 Å². The van der Waals surface area contributed by atoms with E-state index in [2.05, 4.69) is 41.8 Å². The summed E-state index contributed by atoms with van der Waals surface area (Å²) in [5, 5.41) is 6.01. The molecule has 0 spiro atoms. The molecule has 3 rings (SSSR count). The van der Waals surface area contributed by atoms with Gasteiger partial charge in [0.2, 0.25) is 0 Å². The van der Waals surface area contributed by atoms with Crippen LogP contribution in [-0.4, -0.2) is 38.4 Å².